The van der Waals surface area contributed by atoms with Gasteiger partial charge in [0.2, 0.25) is 0 Å². The van der Waals surface area contributed by atoms with Crippen molar-refractivity contribution in [1.82, 2.24) is 0 Å². The van der Waals surface area contributed by atoms with Crippen LogP contribution < -0.4 is 0 Å². The van der Waals surface area contributed by atoms with Gasteiger partial charge in [0.1, 0.15) is 0 Å². The Morgan fingerprint density at radius 2 is 1.26 bits per heavy atom. The summed E-state index contributed by atoms with van der Waals surface area (Å²) < 4.78 is 0. The molecule has 0 aliphatic carbocycles. The fourth-order valence-electron chi connectivity index (χ4n) is 2.08. The molecule has 0 radical (unpaired) electrons. The zero-order chi connectivity index (χ0) is 13.7. The Morgan fingerprint density at radius 3 is 1.63 bits per heavy atom. The molecule has 98 valence electrons. The van der Waals surface area contributed by atoms with E-state index in [0.717, 1.165) is 0 Å². The van der Waals surface area contributed by atoms with E-state index in [9.17, 15) is 0 Å². The van der Waals surface area contributed by atoms with Crippen LogP contribution in [0.25, 0.3) is 5.57 Å². The molecule has 1 N–H and O–H groups in total. The minimum atomic E-state index is 0.182. The highest BCUT2D eigenvalue weighted by Gasteiger charge is 2.04. The Hall–Kier alpha value is -1.86. The summed E-state index contributed by atoms with van der Waals surface area (Å²) in [4.78, 5) is 0. The van der Waals surface area contributed by atoms with E-state index in [2.05, 4.69) is 68.5 Å². The van der Waals surface area contributed by atoms with Crippen molar-refractivity contribution >= 4 is 5.57 Å². The quantitative estimate of drug-likeness (QED) is 0.868. The highest BCUT2D eigenvalue weighted by atomic mass is 16.2. The Labute approximate surface area is 115 Å². The van der Waals surface area contributed by atoms with Crippen LogP contribution in [0, 0.1) is 13.8 Å². The zero-order valence-corrected chi connectivity index (χ0v) is 11.6. The molecule has 0 bridgehead atoms. The van der Waals surface area contributed by atoms with Crippen LogP contribution in [0.15, 0.2) is 54.6 Å². The average Bonchev–Trinajstić information content (AvgIpc) is 2.43. The van der Waals surface area contributed by atoms with Crippen LogP contribution in [0.2, 0.25) is 0 Å². The van der Waals surface area contributed by atoms with Crippen molar-refractivity contribution in [2.45, 2.75) is 20.3 Å². The van der Waals surface area contributed by atoms with E-state index in [0.29, 0.717) is 6.42 Å². The minimum absolute atomic E-state index is 0.182. The van der Waals surface area contributed by atoms with Crippen LogP contribution in [-0.2, 0) is 0 Å². The molecule has 0 saturated carbocycles. The van der Waals surface area contributed by atoms with Gasteiger partial charge in [-0.25, -0.2) is 0 Å². The molecular formula is C18H20O. The first-order chi connectivity index (χ1) is 9.20. The topological polar surface area (TPSA) is 20.2 Å². The van der Waals surface area contributed by atoms with Crippen molar-refractivity contribution in [2.24, 2.45) is 0 Å². The van der Waals surface area contributed by atoms with Gasteiger partial charge in [-0.1, -0.05) is 65.7 Å². The number of benzene rings is 2. The largest absolute Gasteiger partial charge is 0.396 e. The van der Waals surface area contributed by atoms with Crippen molar-refractivity contribution < 1.29 is 5.11 Å². The Balaban J connectivity index is 2.41. The normalized spacial score (nSPS) is 10.3. The third-order valence-corrected chi connectivity index (χ3v) is 3.20. The van der Waals surface area contributed by atoms with Crippen LogP contribution in [0.5, 0.6) is 0 Å². The summed E-state index contributed by atoms with van der Waals surface area (Å²) >= 11 is 0. The van der Waals surface area contributed by atoms with Crippen molar-refractivity contribution in [1.29, 1.82) is 0 Å². The molecule has 1 heteroatoms. The van der Waals surface area contributed by atoms with E-state index in [1.54, 1.807) is 0 Å². The maximum absolute atomic E-state index is 9.05. The predicted octanol–water partition coefficient (Wildman–Crippen LogP) is 4.12. The van der Waals surface area contributed by atoms with E-state index in [4.69, 9.17) is 5.11 Å². The first-order valence-electron chi connectivity index (χ1n) is 6.66. The number of rotatable bonds is 4. The van der Waals surface area contributed by atoms with Gasteiger partial charge >= 0.3 is 0 Å². The monoisotopic (exact) mass is 252 g/mol. The summed E-state index contributed by atoms with van der Waals surface area (Å²) in [6.07, 6.45) is 2.78. The summed E-state index contributed by atoms with van der Waals surface area (Å²) in [6, 6.07) is 17.0. The molecule has 0 aliphatic rings. The number of aliphatic hydroxyl groups is 1. The lowest BCUT2D eigenvalue weighted by atomic mass is 9.95. The summed E-state index contributed by atoms with van der Waals surface area (Å²) in [6.45, 7) is 4.36. The first kappa shape index (κ1) is 13.6. The lowest BCUT2D eigenvalue weighted by Gasteiger charge is -2.09. The second-order valence-electron chi connectivity index (χ2n) is 4.86. The fourth-order valence-corrected chi connectivity index (χ4v) is 2.08. The SMILES string of the molecule is Cc1ccc(C(=CCCO)c2ccc(C)cc2)cc1. The van der Waals surface area contributed by atoms with E-state index in [1.165, 1.54) is 27.8 Å². The van der Waals surface area contributed by atoms with Crippen molar-refractivity contribution in [2.75, 3.05) is 6.61 Å². The number of aryl methyl sites for hydroxylation is 2. The molecule has 0 amide bonds. The van der Waals surface area contributed by atoms with Crippen LogP contribution in [0.1, 0.15) is 28.7 Å². The molecule has 1 nitrogen and oxygen atoms in total. The molecule has 0 saturated heterocycles. The van der Waals surface area contributed by atoms with Crippen LogP contribution in [-0.4, -0.2) is 11.7 Å². The molecule has 0 aromatic heterocycles. The van der Waals surface area contributed by atoms with E-state index >= 15 is 0 Å². The van der Waals surface area contributed by atoms with Gasteiger partial charge in [0.15, 0.2) is 0 Å². The summed E-state index contributed by atoms with van der Waals surface area (Å²) in [5.41, 5.74) is 6.10. The number of aliphatic hydroxyl groups excluding tert-OH is 1. The first-order valence-corrected chi connectivity index (χ1v) is 6.66. The Bertz CT molecular complexity index is 500. The molecule has 19 heavy (non-hydrogen) atoms. The lowest BCUT2D eigenvalue weighted by Crippen LogP contribution is -1.90. The van der Waals surface area contributed by atoms with Gasteiger partial charge in [-0.3, -0.25) is 0 Å². The highest BCUT2D eigenvalue weighted by molar-refractivity contribution is 5.79. The lowest BCUT2D eigenvalue weighted by molar-refractivity contribution is 0.303. The molecule has 0 unspecified atom stereocenters. The number of hydrogen-bond acceptors (Lipinski definition) is 1. The molecule has 0 heterocycles. The molecule has 2 aromatic rings. The second-order valence-corrected chi connectivity index (χ2v) is 4.86. The van der Waals surface area contributed by atoms with Gasteiger partial charge < -0.3 is 5.11 Å². The summed E-state index contributed by atoms with van der Waals surface area (Å²) in [5, 5.41) is 9.05. The zero-order valence-electron chi connectivity index (χ0n) is 11.6. The molecule has 0 spiro atoms. The second kappa shape index (κ2) is 6.35. The van der Waals surface area contributed by atoms with Gasteiger partial charge in [-0.2, -0.15) is 0 Å². The minimum Gasteiger partial charge on any atom is -0.396 e. The average molecular weight is 252 g/mol. The van der Waals surface area contributed by atoms with Crippen molar-refractivity contribution in [3.05, 3.63) is 76.9 Å². The van der Waals surface area contributed by atoms with Crippen LogP contribution >= 0.6 is 0 Å². The molecule has 0 atom stereocenters. The molecule has 2 rings (SSSR count). The fraction of sp³-hybridized carbons (Fsp3) is 0.222. The molecule has 0 aliphatic heterocycles. The summed E-state index contributed by atoms with van der Waals surface area (Å²) in [5.74, 6) is 0. The van der Waals surface area contributed by atoms with Gasteiger partial charge in [0.25, 0.3) is 0 Å². The highest BCUT2D eigenvalue weighted by Crippen LogP contribution is 2.24. The molecule has 2 aromatic carbocycles. The molecular weight excluding hydrogens is 232 g/mol. The van der Waals surface area contributed by atoms with Crippen molar-refractivity contribution in [3.63, 3.8) is 0 Å². The van der Waals surface area contributed by atoms with Crippen molar-refractivity contribution in [3.8, 4) is 0 Å². The predicted molar refractivity (Wildman–Crippen MR) is 81.1 cm³/mol. The van der Waals surface area contributed by atoms with Gasteiger partial charge in [-0.15, -0.1) is 0 Å². The number of hydrogen-bond donors (Lipinski definition) is 1. The third kappa shape index (κ3) is 3.55. The van der Waals surface area contributed by atoms with Crippen LogP contribution in [0.4, 0.5) is 0 Å². The summed E-state index contributed by atoms with van der Waals surface area (Å²) in [7, 11) is 0. The molecule has 0 fully saturated rings. The smallest absolute Gasteiger partial charge is 0.0465 e. The van der Waals surface area contributed by atoms with E-state index in [-0.39, 0.29) is 6.61 Å². The third-order valence-electron chi connectivity index (χ3n) is 3.20. The maximum atomic E-state index is 9.05. The van der Waals surface area contributed by atoms with Gasteiger partial charge in [0, 0.05) is 6.61 Å². The maximum Gasteiger partial charge on any atom is 0.0465 e. The van der Waals surface area contributed by atoms with E-state index < -0.39 is 0 Å². The Morgan fingerprint density at radius 1 is 0.842 bits per heavy atom. The van der Waals surface area contributed by atoms with Gasteiger partial charge in [0.05, 0.1) is 0 Å². The van der Waals surface area contributed by atoms with Gasteiger partial charge in [-0.05, 0) is 37.0 Å². The standard InChI is InChI=1S/C18H20O/c1-14-5-9-16(10-6-14)18(4-3-13-19)17-11-7-15(2)8-12-17/h4-12,19H,3,13H2,1-2H3. The Kier molecular flexibility index (Phi) is 4.53. The van der Waals surface area contributed by atoms with Crippen LogP contribution in [0.3, 0.4) is 0 Å². The van der Waals surface area contributed by atoms with E-state index in [1.807, 2.05) is 0 Å².